The molecule has 1 rings (SSSR count). The lowest BCUT2D eigenvalue weighted by Crippen LogP contribution is -2.35. The van der Waals surface area contributed by atoms with E-state index in [4.69, 9.17) is 10.5 Å². The fraction of sp³-hybridized carbons (Fsp3) is 0.533. The van der Waals surface area contributed by atoms with Crippen molar-refractivity contribution in [2.45, 2.75) is 27.2 Å². The second-order valence-corrected chi connectivity index (χ2v) is 5.98. The van der Waals surface area contributed by atoms with Gasteiger partial charge in [-0.25, -0.2) is 0 Å². The zero-order valence-corrected chi connectivity index (χ0v) is 12.3. The minimum absolute atomic E-state index is 0.102. The molecule has 0 saturated carbocycles. The smallest absolute Gasteiger partial charge is 0.225 e. The van der Waals surface area contributed by atoms with Gasteiger partial charge in [0.05, 0.1) is 13.0 Å². The largest absolute Gasteiger partial charge is 0.493 e. The van der Waals surface area contributed by atoms with E-state index in [2.05, 4.69) is 20.8 Å². The summed E-state index contributed by atoms with van der Waals surface area (Å²) in [4.78, 5) is 13.6. The van der Waals surface area contributed by atoms with Crippen molar-refractivity contribution in [1.29, 1.82) is 0 Å². The molecule has 0 aromatic heterocycles. The Hall–Kier alpha value is -1.71. The Balaban J connectivity index is 2.32. The van der Waals surface area contributed by atoms with Crippen LogP contribution in [0.4, 0.5) is 5.69 Å². The third-order valence-electron chi connectivity index (χ3n) is 2.60. The van der Waals surface area contributed by atoms with Crippen molar-refractivity contribution < 1.29 is 9.53 Å². The van der Waals surface area contributed by atoms with E-state index in [-0.39, 0.29) is 11.3 Å². The minimum Gasteiger partial charge on any atom is -0.493 e. The number of hydrogen-bond acceptors (Lipinski definition) is 3. The fourth-order valence-corrected chi connectivity index (χ4v) is 1.81. The average molecular weight is 264 g/mol. The lowest BCUT2D eigenvalue weighted by molar-refractivity contribution is -0.131. The second-order valence-electron chi connectivity index (χ2n) is 5.98. The van der Waals surface area contributed by atoms with Gasteiger partial charge in [0.25, 0.3) is 0 Å². The summed E-state index contributed by atoms with van der Waals surface area (Å²) < 4.78 is 5.51. The molecule has 1 aromatic rings. The molecule has 4 heteroatoms. The van der Waals surface area contributed by atoms with E-state index in [1.165, 1.54) is 0 Å². The predicted octanol–water partition coefficient (Wildman–Crippen LogP) is 2.54. The van der Waals surface area contributed by atoms with Crippen LogP contribution in [0.2, 0.25) is 0 Å². The number of nitrogen functional groups attached to an aromatic ring is 1. The first-order chi connectivity index (χ1) is 8.78. The van der Waals surface area contributed by atoms with Gasteiger partial charge in [-0.05, 0) is 29.7 Å². The molecule has 0 spiro atoms. The average Bonchev–Trinajstić information content (AvgIpc) is 2.29. The third-order valence-corrected chi connectivity index (χ3v) is 2.60. The number of carbonyl (C=O) groups is 1. The first-order valence-electron chi connectivity index (χ1n) is 6.50. The molecular weight excluding hydrogens is 240 g/mol. The Morgan fingerprint density at radius 3 is 2.37 bits per heavy atom. The van der Waals surface area contributed by atoms with Gasteiger partial charge in [0.15, 0.2) is 0 Å². The molecule has 1 aromatic carbocycles. The lowest BCUT2D eigenvalue weighted by Gasteiger charge is -2.26. The van der Waals surface area contributed by atoms with Crippen LogP contribution in [-0.2, 0) is 4.79 Å². The molecule has 0 aliphatic heterocycles. The summed E-state index contributed by atoms with van der Waals surface area (Å²) in [6, 6.07) is 7.17. The van der Waals surface area contributed by atoms with E-state index in [1.807, 2.05) is 7.05 Å². The highest BCUT2D eigenvalue weighted by Gasteiger charge is 2.17. The summed E-state index contributed by atoms with van der Waals surface area (Å²) in [6.45, 7) is 7.47. The van der Waals surface area contributed by atoms with Gasteiger partial charge in [0.1, 0.15) is 5.75 Å². The van der Waals surface area contributed by atoms with Gasteiger partial charge in [0, 0.05) is 19.3 Å². The zero-order chi connectivity index (χ0) is 14.5. The molecule has 0 aliphatic carbocycles. The van der Waals surface area contributed by atoms with Crippen LogP contribution >= 0.6 is 0 Å². The highest BCUT2D eigenvalue weighted by molar-refractivity contribution is 5.76. The summed E-state index contributed by atoms with van der Waals surface area (Å²) >= 11 is 0. The van der Waals surface area contributed by atoms with E-state index in [0.29, 0.717) is 18.7 Å². The maximum Gasteiger partial charge on any atom is 0.225 e. The Morgan fingerprint density at radius 1 is 1.26 bits per heavy atom. The predicted molar refractivity (Wildman–Crippen MR) is 78.1 cm³/mol. The molecule has 0 heterocycles. The molecular formula is C15H24N2O2. The van der Waals surface area contributed by atoms with Crippen LogP contribution in [0, 0.1) is 5.41 Å². The first kappa shape index (κ1) is 15.3. The number of benzene rings is 1. The van der Waals surface area contributed by atoms with Gasteiger partial charge in [0.2, 0.25) is 5.91 Å². The minimum atomic E-state index is 0.102. The molecule has 19 heavy (non-hydrogen) atoms. The van der Waals surface area contributed by atoms with Crippen molar-refractivity contribution in [3.8, 4) is 5.75 Å². The highest BCUT2D eigenvalue weighted by Crippen LogP contribution is 2.15. The van der Waals surface area contributed by atoms with E-state index >= 15 is 0 Å². The number of nitrogens with two attached hydrogens (primary N) is 1. The molecule has 0 radical (unpaired) electrons. The van der Waals surface area contributed by atoms with Gasteiger partial charge in [-0.2, -0.15) is 0 Å². The number of hydrogen-bond donors (Lipinski definition) is 1. The molecule has 0 bridgehead atoms. The van der Waals surface area contributed by atoms with Gasteiger partial charge in [-0.3, -0.25) is 4.79 Å². The molecule has 1 amide bonds. The van der Waals surface area contributed by atoms with Gasteiger partial charge >= 0.3 is 0 Å². The van der Waals surface area contributed by atoms with Crippen LogP contribution in [0.5, 0.6) is 5.75 Å². The van der Waals surface area contributed by atoms with Crippen LogP contribution in [0.3, 0.4) is 0 Å². The second kappa shape index (κ2) is 6.45. The lowest BCUT2D eigenvalue weighted by atomic mass is 9.96. The van der Waals surface area contributed by atoms with Crippen LogP contribution in [-0.4, -0.2) is 31.0 Å². The number of carbonyl (C=O) groups excluding carboxylic acids is 1. The Kier molecular flexibility index (Phi) is 5.21. The van der Waals surface area contributed by atoms with Crippen LogP contribution < -0.4 is 10.5 Å². The number of rotatable bonds is 5. The molecule has 0 atom stereocenters. The van der Waals surface area contributed by atoms with Crippen molar-refractivity contribution in [2.75, 3.05) is 25.9 Å². The van der Waals surface area contributed by atoms with Crippen molar-refractivity contribution in [3.63, 3.8) is 0 Å². The number of anilines is 1. The number of amides is 1. The van der Waals surface area contributed by atoms with E-state index < -0.39 is 0 Å². The molecule has 106 valence electrons. The molecule has 4 nitrogen and oxygen atoms in total. The summed E-state index contributed by atoms with van der Waals surface area (Å²) in [5.74, 6) is 0.839. The van der Waals surface area contributed by atoms with Crippen LogP contribution in [0.15, 0.2) is 24.3 Å². The fourth-order valence-electron chi connectivity index (χ4n) is 1.81. The highest BCUT2D eigenvalue weighted by atomic mass is 16.5. The third kappa shape index (κ3) is 6.13. The summed E-state index contributed by atoms with van der Waals surface area (Å²) in [5, 5.41) is 0. The first-order valence-corrected chi connectivity index (χ1v) is 6.50. The van der Waals surface area contributed by atoms with Crippen molar-refractivity contribution in [1.82, 2.24) is 4.90 Å². The SMILES string of the molecule is CN(CC(C)(C)C)C(=O)CCOc1ccc(N)cc1. The van der Waals surface area contributed by atoms with Crippen molar-refractivity contribution in [3.05, 3.63) is 24.3 Å². The molecule has 0 saturated heterocycles. The summed E-state index contributed by atoms with van der Waals surface area (Å²) in [6.07, 6.45) is 0.386. The number of nitrogens with zero attached hydrogens (tertiary/aromatic N) is 1. The van der Waals surface area contributed by atoms with Gasteiger partial charge < -0.3 is 15.4 Å². The van der Waals surface area contributed by atoms with E-state index in [0.717, 1.165) is 12.3 Å². The monoisotopic (exact) mass is 264 g/mol. The quantitative estimate of drug-likeness (QED) is 0.831. The van der Waals surface area contributed by atoms with Gasteiger partial charge in [-0.15, -0.1) is 0 Å². The zero-order valence-electron chi connectivity index (χ0n) is 12.3. The topological polar surface area (TPSA) is 55.6 Å². The van der Waals surface area contributed by atoms with Crippen LogP contribution in [0.25, 0.3) is 0 Å². The van der Waals surface area contributed by atoms with Crippen molar-refractivity contribution >= 4 is 11.6 Å². The van der Waals surface area contributed by atoms with E-state index in [9.17, 15) is 4.79 Å². The molecule has 0 fully saturated rings. The number of ether oxygens (including phenoxy) is 1. The Morgan fingerprint density at radius 2 is 1.84 bits per heavy atom. The Labute approximate surface area is 115 Å². The Bertz CT molecular complexity index is 407. The summed E-state index contributed by atoms with van der Waals surface area (Å²) in [5.41, 5.74) is 6.40. The van der Waals surface area contributed by atoms with E-state index in [1.54, 1.807) is 29.2 Å². The molecule has 2 N–H and O–H groups in total. The maximum atomic E-state index is 11.9. The maximum absolute atomic E-state index is 11.9. The van der Waals surface area contributed by atoms with Crippen molar-refractivity contribution in [2.24, 2.45) is 5.41 Å². The van der Waals surface area contributed by atoms with Crippen LogP contribution in [0.1, 0.15) is 27.2 Å². The molecule has 0 unspecified atom stereocenters. The normalized spacial score (nSPS) is 11.2. The summed E-state index contributed by atoms with van der Waals surface area (Å²) in [7, 11) is 1.83. The standard InChI is InChI=1S/C15H24N2O2/c1-15(2,3)11-17(4)14(18)9-10-19-13-7-5-12(16)6-8-13/h5-8H,9-11,16H2,1-4H3. The molecule has 0 aliphatic rings. The van der Waals surface area contributed by atoms with Gasteiger partial charge in [-0.1, -0.05) is 20.8 Å².